The van der Waals surface area contributed by atoms with E-state index >= 15 is 0 Å². The minimum absolute atomic E-state index is 0.0123. The summed E-state index contributed by atoms with van der Waals surface area (Å²) < 4.78 is 18.6. The van der Waals surface area contributed by atoms with E-state index in [0.29, 0.717) is 12.2 Å². The molecule has 1 saturated carbocycles. The molecule has 0 spiro atoms. The number of nitrogens with one attached hydrogen (secondary N) is 1. The normalized spacial score (nSPS) is 15.9. The molecule has 1 fully saturated rings. The highest BCUT2D eigenvalue weighted by atomic mass is 19.1. The van der Waals surface area contributed by atoms with Crippen LogP contribution in [-0.4, -0.2) is 23.6 Å². The van der Waals surface area contributed by atoms with Crippen molar-refractivity contribution in [3.05, 3.63) is 65.5 Å². The zero-order valence-corrected chi connectivity index (χ0v) is 15.8. The molecule has 0 aromatic heterocycles. The fourth-order valence-corrected chi connectivity index (χ4v) is 3.56. The van der Waals surface area contributed by atoms with Gasteiger partial charge in [-0.3, -0.25) is 4.79 Å². The first-order valence-electron chi connectivity index (χ1n) is 9.38. The lowest BCUT2D eigenvalue weighted by Crippen LogP contribution is -2.47. The molecule has 148 valence electrons. The van der Waals surface area contributed by atoms with E-state index in [1.165, 1.54) is 12.1 Å². The van der Waals surface area contributed by atoms with E-state index in [2.05, 4.69) is 5.32 Å². The van der Waals surface area contributed by atoms with Crippen LogP contribution in [0.5, 0.6) is 5.75 Å². The summed E-state index contributed by atoms with van der Waals surface area (Å²) in [5, 5.41) is 11.7. The quantitative estimate of drug-likeness (QED) is 0.723. The largest absolute Gasteiger partial charge is 0.482 e. The maximum Gasteiger partial charge on any atom is 0.341 e. The van der Waals surface area contributed by atoms with E-state index in [0.717, 1.165) is 30.4 Å². The first-order chi connectivity index (χ1) is 13.4. The van der Waals surface area contributed by atoms with Crippen molar-refractivity contribution >= 4 is 11.9 Å². The molecule has 1 amide bonds. The summed E-state index contributed by atoms with van der Waals surface area (Å²) in [7, 11) is 0. The Hall–Kier alpha value is -2.89. The average Bonchev–Trinajstić information content (AvgIpc) is 2.63. The van der Waals surface area contributed by atoms with Gasteiger partial charge in [0.05, 0.1) is 11.5 Å². The number of rotatable bonds is 8. The fraction of sp³-hybridized carbons (Fsp3) is 0.364. The lowest BCUT2D eigenvalue weighted by molar-refractivity contribution is -0.139. The number of halogens is 1. The Kier molecular flexibility index (Phi) is 5.97. The topological polar surface area (TPSA) is 75.6 Å². The summed E-state index contributed by atoms with van der Waals surface area (Å²) in [5.74, 6) is -0.868. The SMILES string of the molecule is CC(NC(=O)C1(Cc2cccc(F)c2)CCC1)c1ccc(OCC(=O)O)cc1. The fourth-order valence-electron chi connectivity index (χ4n) is 3.56. The third-order valence-corrected chi connectivity index (χ3v) is 5.31. The highest BCUT2D eigenvalue weighted by molar-refractivity contribution is 5.84. The third-order valence-electron chi connectivity index (χ3n) is 5.31. The number of carbonyl (C=O) groups is 2. The Balaban J connectivity index is 1.63. The maximum absolute atomic E-state index is 13.5. The van der Waals surface area contributed by atoms with Crippen LogP contribution in [0.2, 0.25) is 0 Å². The molecule has 1 aliphatic carbocycles. The van der Waals surface area contributed by atoms with Crippen LogP contribution < -0.4 is 10.1 Å². The first-order valence-corrected chi connectivity index (χ1v) is 9.38. The van der Waals surface area contributed by atoms with Gasteiger partial charge in [-0.15, -0.1) is 0 Å². The van der Waals surface area contributed by atoms with Crippen LogP contribution in [0.4, 0.5) is 4.39 Å². The number of benzene rings is 2. The number of carbonyl (C=O) groups excluding carboxylic acids is 1. The van der Waals surface area contributed by atoms with Crippen LogP contribution in [0, 0.1) is 11.2 Å². The molecule has 5 nitrogen and oxygen atoms in total. The molecule has 2 aromatic carbocycles. The number of ether oxygens (including phenoxy) is 1. The predicted octanol–water partition coefficient (Wildman–Crippen LogP) is 3.88. The van der Waals surface area contributed by atoms with Gasteiger partial charge in [0.15, 0.2) is 6.61 Å². The molecular weight excluding hydrogens is 361 g/mol. The molecule has 2 N–H and O–H groups in total. The zero-order chi connectivity index (χ0) is 20.1. The second-order valence-electron chi connectivity index (χ2n) is 7.39. The summed E-state index contributed by atoms with van der Waals surface area (Å²) in [6.45, 7) is 1.51. The molecule has 6 heteroatoms. The Labute approximate surface area is 163 Å². The van der Waals surface area contributed by atoms with E-state index in [1.54, 1.807) is 18.2 Å². The molecule has 3 rings (SSSR count). The summed E-state index contributed by atoms with van der Waals surface area (Å²) in [6.07, 6.45) is 3.12. The van der Waals surface area contributed by atoms with Gasteiger partial charge in [-0.25, -0.2) is 9.18 Å². The summed E-state index contributed by atoms with van der Waals surface area (Å²) in [6, 6.07) is 13.2. The predicted molar refractivity (Wildman–Crippen MR) is 103 cm³/mol. The van der Waals surface area contributed by atoms with E-state index in [4.69, 9.17) is 9.84 Å². The third kappa shape index (κ3) is 4.68. The number of carboxylic acid groups (broad SMARTS) is 1. The maximum atomic E-state index is 13.5. The number of hydrogen-bond donors (Lipinski definition) is 2. The molecule has 28 heavy (non-hydrogen) atoms. The molecule has 0 saturated heterocycles. The first kappa shape index (κ1) is 19.9. The second-order valence-corrected chi connectivity index (χ2v) is 7.39. The van der Waals surface area contributed by atoms with Gasteiger partial charge >= 0.3 is 5.97 Å². The van der Waals surface area contributed by atoms with Crippen LogP contribution in [-0.2, 0) is 16.0 Å². The van der Waals surface area contributed by atoms with Gasteiger partial charge in [0.2, 0.25) is 5.91 Å². The molecule has 2 aromatic rings. The van der Waals surface area contributed by atoms with E-state index in [9.17, 15) is 14.0 Å². The molecular formula is C22H24FNO4. The Morgan fingerprint density at radius 3 is 2.50 bits per heavy atom. The van der Waals surface area contributed by atoms with E-state index in [1.807, 2.05) is 25.1 Å². The van der Waals surface area contributed by atoms with Gasteiger partial charge in [0.25, 0.3) is 0 Å². The number of hydrogen-bond acceptors (Lipinski definition) is 3. The van der Waals surface area contributed by atoms with Crippen LogP contribution in [0.3, 0.4) is 0 Å². The van der Waals surface area contributed by atoms with Gasteiger partial charge in [0, 0.05) is 0 Å². The highest BCUT2D eigenvalue weighted by Gasteiger charge is 2.44. The van der Waals surface area contributed by atoms with E-state index < -0.39 is 18.0 Å². The second kappa shape index (κ2) is 8.42. The molecule has 0 bridgehead atoms. The Morgan fingerprint density at radius 2 is 1.93 bits per heavy atom. The molecule has 1 unspecified atom stereocenters. The minimum atomic E-state index is -1.03. The van der Waals surface area contributed by atoms with Crippen molar-refractivity contribution in [2.75, 3.05) is 6.61 Å². The lowest BCUT2D eigenvalue weighted by Gasteiger charge is -2.41. The monoisotopic (exact) mass is 385 g/mol. The van der Waals surface area contributed by atoms with Crippen molar-refractivity contribution in [3.8, 4) is 5.75 Å². The molecule has 1 atom stereocenters. The molecule has 0 heterocycles. The van der Waals surface area contributed by atoms with Gasteiger partial charge in [-0.2, -0.15) is 0 Å². The summed E-state index contributed by atoms with van der Waals surface area (Å²) in [5.41, 5.74) is 1.26. The zero-order valence-electron chi connectivity index (χ0n) is 15.8. The van der Waals surface area contributed by atoms with Crippen LogP contribution >= 0.6 is 0 Å². The smallest absolute Gasteiger partial charge is 0.341 e. The summed E-state index contributed by atoms with van der Waals surface area (Å²) >= 11 is 0. The van der Waals surface area contributed by atoms with Crippen LogP contribution in [0.15, 0.2) is 48.5 Å². The number of aliphatic carboxylic acids is 1. The standard InChI is InChI=1S/C22H24FNO4/c1-15(17-6-8-19(9-7-17)28-14-20(25)26)24-21(27)22(10-3-11-22)13-16-4-2-5-18(23)12-16/h2,4-9,12,15H,3,10-11,13-14H2,1H3,(H,24,27)(H,25,26). The number of amides is 1. The van der Waals surface area contributed by atoms with Crippen molar-refractivity contribution in [3.63, 3.8) is 0 Å². The Morgan fingerprint density at radius 1 is 1.21 bits per heavy atom. The molecule has 1 aliphatic rings. The van der Waals surface area contributed by atoms with Gasteiger partial charge in [0.1, 0.15) is 11.6 Å². The lowest BCUT2D eigenvalue weighted by atomic mass is 9.64. The van der Waals surface area contributed by atoms with Crippen molar-refractivity contribution in [2.45, 2.75) is 38.6 Å². The molecule has 0 aliphatic heterocycles. The van der Waals surface area contributed by atoms with Gasteiger partial charge in [-0.1, -0.05) is 30.7 Å². The average molecular weight is 385 g/mol. The van der Waals surface area contributed by atoms with E-state index in [-0.39, 0.29) is 17.8 Å². The number of carboxylic acids is 1. The van der Waals surface area contributed by atoms with Crippen molar-refractivity contribution in [2.24, 2.45) is 5.41 Å². The van der Waals surface area contributed by atoms with Gasteiger partial charge in [-0.05, 0) is 61.6 Å². The van der Waals surface area contributed by atoms with Crippen LogP contribution in [0.1, 0.15) is 43.4 Å². The Bertz CT molecular complexity index is 846. The molecule has 0 radical (unpaired) electrons. The van der Waals surface area contributed by atoms with Crippen LogP contribution in [0.25, 0.3) is 0 Å². The van der Waals surface area contributed by atoms with Crippen molar-refractivity contribution in [1.29, 1.82) is 0 Å². The van der Waals surface area contributed by atoms with Crippen molar-refractivity contribution in [1.82, 2.24) is 5.32 Å². The summed E-state index contributed by atoms with van der Waals surface area (Å²) in [4.78, 5) is 23.5. The highest BCUT2D eigenvalue weighted by Crippen LogP contribution is 2.44. The van der Waals surface area contributed by atoms with Crippen molar-refractivity contribution < 1.29 is 23.8 Å². The minimum Gasteiger partial charge on any atom is -0.482 e. The van der Waals surface area contributed by atoms with Gasteiger partial charge < -0.3 is 15.2 Å².